The lowest BCUT2D eigenvalue weighted by Crippen LogP contribution is -2.54. The number of amidine groups is 1. The van der Waals surface area contributed by atoms with Gasteiger partial charge in [0, 0.05) is 15.6 Å². The first kappa shape index (κ1) is 19.9. The number of carbonyl (C=O) groups excluding carboxylic acids is 1. The van der Waals surface area contributed by atoms with Crippen molar-refractivity contribution in [1.29, 1.82) is 0 Å². The van der Waals surface area contributed by atoms with Crippen molar-refractivity contribution in [3.8, 4) is 0 Å². The molecule has 0 saturated heterocycles. The highest BCUT2D eigenvalue weighted by molar-refractivity contribution is 9.10. The number of nitrogens with zero attached hydrogens (tertiary/aromatic N) is 4. The average molecular weight is 500 g/mol. The van der Waals surface area contributed by atoms with Crippen LogP contribution in [0.5, 0.6) is 0 Å². The van der Waals surface area contributed by atoms with E-state index in [2.05, 4.69) is 26.5 Å². The summed E-state index contributed by atoms with van der Waals surface area (Å²) in [6.07, 6.45) is 0. The van der Waals surface area contributed by atoms with Gasteiger partial charge in [-0.15, -0.1) is 0 Å². The number of hydrogen-bond acceptors (Lipinski definition) is 6. The smallest absolute Gasteiger partial charge is 0.289 e. The van der Waals surface area contributed by atoms with Gasteiger partial charge in [-0.05, 0) is 37.3 Å². The Morgan fingerprint density at radius 3 is 2.42 bits per heavy atom. The van der Waals surface area contributed by atoms with Gasteiger partial charge in [0.25, 0.3) is 5.91 Å². The lowest BCUT2D eigenvalue weighted by atomic mass is 9.84. The van der Waals surface area contributed by atoms with E-state index in [4.69, 9.17) is 5.10 Å². The van der Waals surface area contributed by atoms with E-state index in [1.54, 1.807) is 11.9 Å². The van der Waals surface area contributed by atoms with Gasteiger partial charge in [-0.1, -0.05) is 64.5 Å². The Balaban J connectivity index is 1.67. The molecule has 33 heavy (non-hydrogen) atoms. The minimum absolute atomic E-state index is 0.306. The zero-order chi connectivity index (χ0) is 22.7. The fourth-order valence-electron chi connectivity index (χ4n) is 4.67. The quantitative estimate of drug-likeness (QED) is 0.557. The van der Waals surface area contributed by atoms with Crippen molar-refractivity contribution in [1.82, 2.24) is 5.43 Å². The number of aliphatic hydroxyl groups is 1. The molecule has 3 aliphatic heterocycles. The molecule has 2 N–H and O–H groups in total. The summed E-state index contributed by atoms with van der Waals surface area (Å²) in [5.41, 5.74) is 5.04. The van der Waals surface area contributed by atoms with Gasteiger partial charge in [-0.25, -0.2) is 10.4 Å². The highest BCUT2D eigenvalue weighted by atomic mass is 79.9. The maximum Gasteiger partial charge on any atom is 0.289 e. The predicted molar refractivity (Wildman–Crippen MR) is 131 cm³/mol. The van der Waals surface area contributed by atoms with Crippen LogP contribution in [0.3, 0.4) is 0 Å². The van der Waals surface area contributed by atoms with E-state index >= 15 is 0 Å². The highest BCUT2D eigenvalue weighted by Crippen LogP contribution is 2.52. The lowest BCUT2D eigenvalue weighted by molar-refractivity contribution is -0.118. The Morgan fingerprint density at radius 1 is 1.00 bits per heavy atom. The van der Waals surface area contributed by atoms with Crippen molar-refractivity contribution < 1.29 is 9.90 Å². The molecule has 0 bridgehead atoms. The van der Waals surface area contributed by atoms with E-state index in [-0.39, 0.29) is 0 Å². The molecule has 0 saturated carbocycles. The second-order valence-electron chi connectivity index (χ2n) is 7.97. The Labute approximate surface area is 198 Å². The number of hydrazone groups is 2. The van der Waals surface area contributed by atoms with Crippen LogP contribution in [0.1, 0.15) is 18.1 Å². The topological polar surface area (TPSA) is 80.5 Å². The Kier molecular flexibility index (Phi) is 4.30. The summed E-state index contributed by atoms with van der Waals surface area (Å²) < 4.78 is 0.801. The third kappa shape index (κ3) is 2.74. The normalized spacial score (nSPS) is 21.1. The molecule has 1 unspecified atom stereocenters. The van der Waals surface area contributed by atoms with Gasteiger partial charge in [0.1, 0.15) is 5.70 Å². The van der Waals surface area contributed by atoms with Crippen LogP contribution in [0.25, 0.3) is 0 Å². The standard InChI is InChI=1S/C25H18BrN5O2/c1-15-21-22-24(32)28-27-23(16-8-4-2-5-9-16)30(22)20-13-12-17(26)14-19(20)25(21,33)31(29-15)18-10-6-3-7-11-18/h2-14,33H,1H3,(H,28,32). The van der Waals surface area contributed by atoms with Crippen molar-refractivity contribution in [2.45, 2.75) is 12.6 Å². The molecule has 8 heteroatoms. The van der Waals surface area contributed by atoms with Crippen molar-refractivity contribution >= 4 is 44.8 Å². The fraction of sp³-hybridized carbons (Fsp3) is 0.0800. The average Bonchev–Trinajstić information content (AvgIpc) is 3.12. The molecule has 7 nitrogen and oxygen atoms in total. The molecule has 6 rings (SSSR count). The summed E-state index contributed by atoms with van der Waals surface area (Å²) in [5.74, 6) is 0.162. The third-order valence-electron chi connectivity index (χ3n) is 6.03. The van der Waals surface area contributed by atoms with Crippen LogP contribution in [0.15, 0.2) is 105 Å². The SMILES string of the molecule is CC1=NN(c2ccccc2)C2(O)C1=C1C(=O)NN=C(c3ccccc3)N1c1ccc(Br)cc12. The van der Waals surface area contributed by atoms with E-state index in [0.29, 0.717) is 39.8 Å². The third-order valence-corrected chi connectivity index (χ3v) is 6.52. The van der Waals surface area contributed by atoms with E-state index in [1.165, 1.54) is 0 Å². The number of anilines is 2. The zero-order valence-electron chi connectivity index (χ0n) is 17.5. The maximum atomic E-state index is 13.2. The molecule has 0 fully saturated rings. The molecule has 1 amide bonds. The second kappa shape index (κ2) is 7.13. The van der Waals surface area contributed by atoms with Crippen molar-refractivity contribution in [2.24, 2.45) is 10.2 Å². The van der Waals surface area contributed by atoms with Gasteiger partial charge in [0.15, 0.2) is 5.84 Å². The molecule has 162 valence electrons. The molecule has 0 aromatic heterocycles. The van der Waals surface area contributed by atoms with Crippen LogP contribution < -0.4 is 15.3 Å². The summed E-state index contributed by atoms with van der Waals surface area (Å²) in [6, 6.07) is 24.7. The van der Waals surface area contributed by atoms with Crippen molar-refractivity contribution in [3.63, 3.8) is 0 Å². The van der Waals surface area contributed by atoms with Gasteiger partial charge in [0.2, 0.25) is 5.72 Å². The monoisotopic (exact) mass is 499 g/mol. The first-order valence-corrected chi connectivity index (χ1v) is 11.2. The number of fused-ring (bicyclic) bond motifs is 5. The van der Waals surface area contributed by atoms with Gasteiger partial charge in [0.05, 0.1) is 22.7 Å². The summed E-state index contributed by atoms with van der Waals surface area (Å²) in [6.45, 7) is 1.80. The number of hydrogen-bond donors (Lipinski definition) is 2. The summed E-state index contributed by atoms with van der Waals surface area (Å²) in [4.78, 5) is 15.1. The largest absolute Gasteiger partial charge is 0.362 e. The van der Waals surface area contributed by atoms with Crippen LogP contribution in [0, 0.1) is 0 Å². The van der Waals surface area contributed by atoms with Crippen LogP contribution in [0.4, 0.5) is 11.4 Å². The number of amides is 1. The molecule has 3 aromatic carbocycles. The number of benzene rings is 3. The van der Waals surface area contributed by atoms with Crippen molar-refractivity contribution in [2.75, 3.05) is 9.91 Å². The molecule has 0 aliphatic carbocycles. The first-order valence-electron chi connectivity index (χ1n) is 10.4. The fourth-order valence-corrected chi connectivity index (χ4v) is 5.03. The highest BCUT2D eigenvalue weighted by Gasteiger charge is 2.56. The molecule has 3 aliphatic rings. The Morgan fingerprint density at radius 2 is 1.70 bits per heavy atom. The minimum atomic E-state index is -1.67. The Hall–Kier alpha value is -3.75. The second-order valence-corrected chi connectivity index (χ2v) is 8.88. The summed E-state index contributed by atoms with van der Waals surface area (Å²) in [7, 11) is 0. The zero-order valence-corrected chi connectivity index (χ0v) is 19.1. The number of para-hydroxylation sites is 1. The molecule has 1 atom stereocenters. The molecular weight excluding hydrogens is 482 g/mol. The number of rotatable bonds is 2. The van der Waals surface area contributed by atoms with Crippen LogP contribution in [0.2, 0.25) is 0 Å². The van der Waals surface area contributed by atoms with Gasteiger partial charge in [-0.3, -0.25) is 9.69 Å². The van der Waals surface area contributed by atoms with E-state index < -0.39 is 11.6 Å². The van der Waals surface area contributed by atoms with Gasteiger partial charge >= 0.3 is 0 Å². The first-order chi connectivity index (χ1) is 16.0. The molecule has 0 spiro atoms. The van der Waals surface area contributed by atoms with Gasteiger partial charge < -0.3 is 5.11 Å². The minimum Gasteiger partial charge on any atom is -0.362 e. The number of carbonyl (C=O) groups is 1. The molecule has 3 aromatic rings. The van der Waals surface area contributed by atoms with Crippen molar-refractivity contribution in [3.05, 3.63) is 106 Å². The summed E-state index contributed by atoms with van der Waals surface area (Å²) in [5, 5.41) is 23.0. The molecule has 0 radical (unpaired) electrons. The number of halogens is 1. The van der Waals surface area contributed by atoms with E-state index in [9.17, 15) is 9.90 Å². The predicted octanol–water partition coefficient (Wildman–Crippen LogP) is 4.06. The van der Waals surface area contributed by atoms with Crippen LogP contribution in [-0.4, -0.2) is 22.6 Å². The summed E-state index contributed by atoms with van der Waals surface area (Å²) >= 11 is 3.55. The maximum absolute atomic E-state index is 13.2. The lowest BCUT2D eigenvalue weighted by Gasteiger charge is -2.44. The molecule has 3 heterocycles. The van der Waals surface area contributed by atoms with Crippen LogP contribution >= 0.6 is 15.9 Å². The van der Waals surface area contributed by atoms with Crippen LogP contribution in [-0.2, 0) is 10.5 Å². The van der Waals surface area contributed by atoms with E-state index in [0.717, 1.165) is 10.0 Å². The van der Waals surface area contributed by atoms with E-state index in [1.807, 2.05) is 83.8 Å². The number of nitrogens with one attached hydrogen (secondary N) is 1. The molecular formula is C25H18BrN5O2. The Bertz CT molecular complexity index is 1400. The van der Waals surface area contributed by atoms with Gasteiger partial charge in [-0.2, -0.15) is 10.2 Å².